The van der Waals surface area contributed by atoms with Crippen molar-refractivity contribution >= 4 is 5.91 Å². The van der Waals surface area contributed by atoms with Crippen molar-refractivity contribution in [1.82, 2.24) is 10.2 Å². The van der Waals surface area contributed by atoms with Crippen molar-refractivity contribution in [3.8, 4) is 0 Å². The smallest absolute Gasteiger partial charge is 0.236 e. The number of hydrogen-bond acceptors (Lipinski definition) is 2. The molecule has 3 heteroatoms. The Morgan fingerprint density at radius 3 is 2.92 bits per heavy atom. The largest absolute Gasteiger partial charge is 0.339 e. The zero-order chi connectivity index (χ0) is 9.68. The summed E-state index contributed by atoms with van der Waals surface area (Å²) in [5, 5.41) is 3.14. The van der Waals surface area contributed by atoms with Crippen molar-refractivity contribution < 1.29 is 4.79 Å². The number of nitrogens with zero attached hydrogens (tertiary/aromatic N) is 1. The van der Waals surface area contributed by atoms with E-state index in [4.69, 9.17) is 0 Å². The summed E-state index contributed by atoms with van der Waals surface area (Å²) < 4.78 is 0. The monoisotopic (exact) mass is 184 g/mol. The van der Waals surface area contributed by atoms with Gasteiger partial charge in [-0.15, -0.1) is 0 Å². The fraction of sp³-hybridized carbons (Fsp3) is 0.900. The Kier molecular flexibility index (Phi) is 4.22. The topological polar surface area (TPSA) is 32.3 Å². The van der Waals surface area contributed by atoms with Crippen LogP contribution in [0.15, 0.2) is 0 Å². The van der Waals surface area contributed by atoms with Crippen LogP contribution in [0.1, 0.15) is 33.1 Å². The average molecular weight is 184 g/mol. The molecule has 1 rings (SSSR count). The van der Waals surface area contributed by atoms with E-state index in [9.17, 15) is 4.79 Å². The minimum atomic E-state index is 0.262. The Labute approximate surface area is 80.5 Å². The molecule has 0 aromatic heterocycles. The van der Waals surface area contributed by atoms with Crippen molar-refractivity contribution in [1.29, 1.82) is 0 Å². The molecule has 1 aliphatic heterocycles. The number of carbonyl (C=O) groups is 1. The molecule has 0 bridgehead atoms. The third kappa shape index (κ3) is 2.99. The normalized spacial score (nSPS) is 22.3. The summed E-state index contributed by atoms with van der Waals surface area (Å²) in [4.78, 5) is 13.6. The zero-order valence-corrected chi connectivity index (χ0v) is 8.68. The lowest BCUT2D eigenvalue weighted by Gasteiger charge is -2.21. The van der Waals surface area contributed by atoms with Gasteiger partial charge in [-0.2, -0.15) is 0 Å². The Morgan fingerprint density at radius 2 is 2.38 bits per heavy atom. The van der Waals surface area contributed by atoms with Crippen LogP contribution in [0.2, 0.25) is 0 Å². The molecule has 76 valence electrons. The number of hydrogen-bond donors (Lipinski definition) is 1. The molecule has 1 unspecified atom stereocenters. The lowest BCUT2D eigenvalue weighted by Crippen LogP contribution is -2.40. The van der Waals surface area contributed by atoms with Gasteiger partial charge in [-0.3, -0.25) is 4.79 Å². The van der Waals surface area contributed by atoms with E-state index < -0.39 is 0 Å². The molecule has 0 aromatic carbocycles. The third-order valence-corrected chi connectivity index (χ3v) is 2.58. The van der Waals surface area contributed by atoms with Crippen LogP contribution in [0.5, 0.6) is 0 Å². The van der Waals surface area contributed by atoms with Crippen LogP contribution in [0.4, 0.5) is 0 Å². The minimum absolute atomic E-state index is 0.262. The molecule has 0 radical (unpaired) electrons. The van der Waals surface area contributed by atoms with E-state index in [0.29, 0.717) is 12.6 Å². The second-order valence-corrected chi connectivity index (χ2v) is 3.76. The summed E-state index contributed by atoms with van der Waals surface area (Å²) >= 11 is 0. The lowest BCUT2D eigenvalue weighted by atomic mass is 10.2. The van der Waals surface area contributed by atoms with Gasteiger partial charge in [-0.1, -0.05) is 6.92 Å². The van der Waals surface area contributed by atoms with Crippen LogP contribution >= 0.6 is 0 Å². The summed E-state index contributed by atoms with van der Waals surface area (Å²) in [6.07, 6.45) is 3.42. The molecule has 13 heavy (non-hydrogen) atoms. The molecular formula is C10H20N2O. The van der Waals surface area contributed by atoms with Crippen molar-refractivity contribution in [2.75, 3.05) is 19.6 Å². The molecule has 1 heterocycles. The standard InChI is InChI=1S/C10H20N2O/c1-3-6-11-8-10(13)12-7-4-5-9(12)2/h9,11H,3-8H2,1-2H3. The maximum atomic E-state index is 11.6. The second kappa shape index (κ2) is 5.22. The number of rotatable bonds is 4. The highest BCUT2D eigenvalue weighted by Crippen LogP contribution is 2.15. The van der Waals surface area contributed by atoms with Gasteiger partial charge in [0, 0.05) is 12.6 Å². The third-order valence-electron chi connectivity index (χ3n) is 2.58. The Balaban J connectivity index is 2.22. The molecule has 1 amide bonds. The van der Waals surface area contributed by atoms with E-state index in [2.05, 4.69) is 19.2 Å². The van der Waals surface area contributed by atoms with E-state index in [1.807, 2.05) is 4.90 Å². The van der Waals surface area contributed by atoms with Crippen LogP contribution in [0.3, 0.4) is 0 Å². The predicted octanol–water partition coefficient (Wildman–Crippen LogP) is 0.997. The van der Waals surface area contributed by atoms with Crippen LogP contribution in [-0.4, -0.2) is 36.5 Å². The van der Waals surface area contributed by atoms with Crippen molar-refractivity contribution in [3.05, 3.63) is 0 Å². The molecule has 0 aromatic rings. The van der Waals surface area contributed by atoms with Crippen molar-refractivity contribution in [3.63, 3.8) is 0 Å². The minimum Gasteiger partial charge on any atom is -0.339 e. The van der Waals surface area contributed by atoms with Crippen molar-refractivity contribution in [2.24, 2.45) is 0 Å². The maximum absolute atomic E-state index is 11.6. The Morgan fingerprint density at radius 1 is 1.62 bits per heavy atom. The molecule has 3 nitrogen and oxygen atoms in total. The number of carbonyl (C=O) groups excluding carboxylic acids is 1. The van der Waals surface area contributed by atoms with Gasteiger partial charge in [-0.25, -0.2) is 0 Å². The van der Waals surface area contributed by atoms with E-state index in [1.54, 1.807) is 0 Å². The van der Waals surface area contributed by atoms with Crippen LogP contribution in [0, 0.1) is 0 Å². The van der Waals surface area contributed by atoms with Crippen molar-refractivity contribution in [2.45, 2.75) is 39.2 Å². The molecule has 1 atom stereocenters. The molecule has 1 saturated heterocycles. The lowest BCUT2D eigenvalue weighted by molar-refractivity contribution is -0.130. The van der Waals surface area contributed by atoms with Gasteiger partial charge in [0.05, 0.1) is 6.54 Å². The molecule has 1 fully saturated rings. The number of likely N-dealkylation sites (tertiary alicyclic amines) is 1. The van der Waals surface area contributed by atoms with Gasteiger partial charge in [0.15, 0.2) is 0 Å². The van der Waals surface area contributed by atoms with E-state index in [-0.39, 0.29) is 5.91 Å². The maximum Gasteiger partial charge on any atom is 0.236 e. The highest BCUT2D eigenvalue weighted by molar-refractivity contribution is 5.78. The second-order valence-electron chi connectivity index (χ2n) is 3.76. The molecular weight excluding hydrogens is 164 g/mol. The van der Waals surface area contributed by atoms with E-state index in [0.717, 1.165) is 19.5 Å². The molecule has 0 saturated carbocycles. The Bertz CT molecular complexity index is 170. The molecule has 0 aliphatic carbocycles. The zero-order valence-electron chi connectivity index (χ0n) is 8.68. The predicted molar refractivity (Wildman–Crippen MR) is 53.6 cm³/mol. The van der Waals surface area contributed by atoms with Gasteiger partial charge >= 0.3 is 0 Å². The SMILES string of the molecule is CCCNCC(=O)N1CCCC1C. The average Bonchev–Trinajstić information content (AvgIpc) is 2.52. The summed E-state index contributed by atoms with van der Waals surface area (Å²) in [6, 6.07) is 0.455. The first kappa shape index (κ1) is 10.5. The summed E-state index contributed by atoms with van der Waals surface area (Å²) in [7, 11) is 0. The van der Waals surface area contributed by atoms with Gasteiger partial charge in [0.2, 0.25) is 5.91 Å². The van der Waals surface area contributed by atoms with Gasteiger partial charge in [0.25, 0.3) is 0 Å². The fourth-order valence-corrected chi connectivity index (χ4v) is 1.78. The molecule has 1 aliphatic rings. The van der Waals surface area contributed by atoms with Crippen LogP contribution < -0.4 is 5.32 Å². The summed E-state index contributed by atoms with van der Waals surface area (Å²) in [5.41, 5.74) is 0. The van der Waals surface area contributed by atoms with Gasteiger partial charge in [-0.05, 0) is 32.7 Å². The summed E-state index contributed by atoms with van der Waals surface area (Å²) in [5.74, 6) is 0.262. The quantitative estimate of drug-likeness (QED) is 0.661. The number of nitrogens with one attached hydrogen (secondary N) is 1. The molecule has 0 spiro atoms. The van der Waals surface area contributed by atoms with Crippen LogP contribution in [-0.2, 0) is 4.79 Å². The first-order valence-corrected chi connectivity index (χ1v) is 5.26. The first-order valence-electron chi connectivity index (χ1n) is 5.26. The van der Waals surface area contributed by atoms with E-state index >= 15 is 0 Å². The van der Waals surface area contributed by atoms with Gasteiger partial charge < -0.3 is 10.2 Å². The van der Waals surface area contributed by atoms with Gasteiger partial charge in [0.1, 0.15) is 0 Å². The van der Waals surface area contributed by atoms with Crippen LogP contribution in [0.25, 0.3) is 0 Å². The first-order chi connectivity index (χ1) is 6.25. The summed E-state index contributed by atoms with van der Waals surface area (Å²) in [6.45, 7) is 6.64. The van der Waals surface area contributed by atoms with E-state index in [1.165, 1.54) is 12.8 Å². The molecule has 1 N–H and O–H groups in total. The highest BCUT2D eigenvalue weighted by Gasteiger charge is 2.23. The number of amides is 1. The fourth-order valence-electron chi connectivity index (χ4n) is 1.78. The highest BCUT2D eigenvalue weighted by atomic mass is 16.2. The Hall–Kier alpha value is -0.570.